The lowest BCUT2D eigenvalue weighted by Gasteiger charge is -2.34. The van der Waals surface area contributed by atoms with E-state index in [0.717, 1.165) is 0 Å². The van der Waals surface area contributed by atoms with Crippen LogP contribution >= 0.6 is 0 Å². The highest BCUT2D eigenvalue weighted by molar-refractivity contribution is 6.01. The van der Waals surface area contributed by atoms with Crippen molar-refractivity contribution in [1.29, 1.82) is 0 Å². The molecule has 2 fully saturated rings. The summed E-state index contributed by atoms with van der Waals surface area (Å²) in [7, 11) is 0. The maximum Gasteiger partial charge on any atom is 0.413 e. The number of hydrogen-bond donors (Lipinski definition) is 0. The molecule has 2 atom stereocenters. The molecule has 0 N–H and O–H groups in total. The predicted molar refractivity (Wildman–Crippen MR) is 117 cm³/mol. The van der Waals surface area contributed by atoms with Crippen molar-refractivity contribution >= 4 is 18.0 Å². The number of ether oxygens (including phenoxy) is 4. The summed E-state index contributed by atoms with van der Waals surface area (Å²) in [6.45, 7) is 17.5. The standard InChI is InChI=1S/C23H36N2O7/c1-20(2,3)31-18(27)24-15(13-29-22(24,7)8)11-12-17(26)16-14-30-23(9,10)25(16)19(28)32-21(4,5)6/h15-16H,13-14H2,1-10H3/t15-,16-/m1/s1. The molecule has 0 aromatic rings. The van der Waals surface area contributed by atoms with Gasteiger partial charge in [-0.3, -0.25) is 14.6 Å². The Kier molecular flexibility index (Phi) is 6.94. The highest BCUT2D eigenvalue weighted by atomic mass is 16.6. The number of nitrogens with zero attached hydrogens (tertiary/aromatic N) is 2. The molecule has 2 aliphatic rings. The molecule has 2 heterocycles. The van der Waals surface area contributed by atoms with Gasteiger partial charge in [-0.2, -0.15) is 0 Å². The summed E-state index contributed by atoms with van der Waals surface area (Å²) < 4.78 is 22.3. The highest BCUT2D eigenvalue weighted by Gasteiger charge is 2.49. The quantitative estimate of drug-likeness (QED) is 0.445. The van der Waals surface area contributed by atoms with Crippen molar-refractivity contribution in [3.8, 4) is 11.8 Å². The molecule has 0 spiro atoms. The van der Waals surface area contributed by atoms with Crippen molar-refractivity contribution < 1.29 is 33.3 Å². The third kappa shape index (κ3) is 6.14. The molecule has 0 unspecified atom stereocenters. The second-order valence-corrected chi connectivity index (χ2v) is 10.9. The Hall–Kier alpha value is -2.31. The number of amides is 2. The van der Waals surface area contributed by atoms with Crippen molar-refractivity contribution in [3.63, 3.8) is 0 Å². The third-order valence-corrected chi connectivity index (χ3v) is 4.82. The molecule has 2 saturated heterocycles. The number of rotatable bonds is 1. The smallest absolute Gasteiger partial charge is 0.413 e. The summed E-state index contributed by atoms with van der Waals surface area (Å²) in [6, 6.07) is -1.59. The average Bonchev–Trinajstić information content (AvgIpc) is 3.04. The molecule has 0 saturated carbocycles. The van der Waals surface area contributed by atoms with E-state index in [1.807, 2.05) is 0 Å². The van der Waals surface area contributed by atoms with E-state index >= 15 is 0 Å². The van der Waals surface area contributed by atoms with Gasteiger partial charge in [0.05, 0.1) is 13.2 Å². The summed E-state index contributed by atoms with van der Waals surface area (Å²) in [6.07, 6.45) is -1.23. The van der Waals surface area contributed by atoms with E-state index in [1.165, 1.54) is 9.80 Å². The Morgan fingerprint density at radius 3 is 1.75 bits per heavy atom. The van der Waals surface area contributed by atoms with Crippen LogP contribution in [0.1, 0.15) is 69.2 Å². The second-order valence-electron chi connectivity index (χ2n) is 10.9. The first kappa shape index (κ1) is 25.9. The van der Waals surface area contributed by atoms with E-state index < -0.39 is 52.7 Å². The van der Waals surface area contributed by atoms with Crippen LogP contribution in [-0.4, -0.2) is 75.7 Å². The SMILES string of the molecule is CC(C)(C)OC(=O)N1[C@H](C#CC(=O)[C@H]2COC(C)(C)N2C(=O)OC(C)(C)C)COC1(C)C. The van der Waals surface area contributed by atoms with Crippen LogP contribution in [-0.2, 0) is 23.7 Å². The minimum absolute atomic E-state index is 0.00218. The summed E-state index contributed by atoms with van der Waals surface area (Å²) >= 11 is 0. The fraction of sp³-hybridized carbons (Fsp3) is 0.783. The molecule has 32 heavy (non-hydrogen) atoms. The van der Waals surface area contributed by atoms with Crippen LogP contribution in [0.3, 0.4) is 0 Å². The zero-order chi connectivity index (χ0) is 24.7. The van der Waals surface area contributed by atoms with Gasteiger partial charge in [0.15, 0.2) is 0 Å². The highest BCUT2D eigenvalue weighted by Crippen LogP contribution is 2.31. The summed E-state index contributed by atoms with van der Waals surface area (Å²) in [5, 5.41) is 0. The number of Topliss-reactive ketones (excluding diaryl/α,β-unsaturated/α-hetero) is 1. The number of hydrogen-bond acceptors (Lipinski definition) is 7. The maximum atomic E-state index is 13.0. The molecular weight excluding hydrogens is 416 g/mol. The first-order valence-corrected chi connectivity index (χ1v) is 10.7. The van der Waals surface area contributed by atoms with Gasteiger partial charge in [-0.25, -0.2) is 9.59 Å². The Bertz CT molecular complexity index is 824. The summed E-state index contributed by atoms with van der Waals surface area (Å²) in [5.41, 5.74) is -3.38. The van der Waals surface area contributed by atoms with Gasteiger partial charge < -0.3 is 18.9 Å². The van der Waals surface area contributed by atoms with Gasteiger partial charge in [-0.15, -0.1) is 0 Å². The zero-order valence-corrected chi connectivity index (χ0v) is 20.8. The molecule has 9 nitrogen and oxygen atoms in total. The molecule has 0 bridgehead atoms. The van der Waals surface area contributed by atoms with E-state index in [-0.39, 0.29) is 13.2 Å². The number of carbonyl (C=O) groups excluding carboxylic acids is 3. The molecule has 2 aliphatic heterocycles. The lowest BCUT2D eigenvalue weighted by molar-refractivity contribution is -0.119. The van der Waals surface area contributed by atoms with Gasteiger partial charge in [0.25, 0.3) is 0 Å². The Balaban J connectivity index is 2.23. The Morgan fingerprint density at radius 1 is 0.812 bits per heavy atom. The molecule has 180 valence electrons. The van der Waals surface area contributed by atoms with E-state index in [4.69, 9.17) is 18.9 Å². The van der Waals surface area contributed by atoms with E-state index in [9.17, 15) is 14.4 Å². The predicted octanol–water partition coefficient (Wildman–Crippen LogP) is 3.30. The maximum absolute atomic E-state index is 13.0. The largest absolute Gasteiger partial charge is 0.444 e. The Labute approximate surface area is 190 Å². The van der Waals surface area contributed by atoms with Crippen molar-refractivity contribution in [2.45, 2.75) is 104 Å². The van der Waals surface area contributed by atoms with Crippen LogP contribution in [0, 0.1) is 11.8 Å². The fourth-order valence-electron chi connectivity index (χ4n) is 3.46. The minimum Gasteiger partial charge on any atom is -0.444 e. The first-order chi connectivity index (χ1) is 14.3. The third-order valence-electron chi connectivity index (χ3n) is 4.82. The summed E-state index contributed by atoms with van der Waals surface area (Å²) in [4.78, 5) is 41.1. The molecule has 0 aromatic carbocycles. The van der Waals surface area contributed by atoms with Crippen molar-refractivity contribution in [3.05, 3.63) is 0 Å². The van der Waals surface area contributed by atoms with Gasteiger partial charge in [0.2, 0.25) is 5.78 Å². The normalized spacial score (nSPS) is 24.6. The molecule has 0 aromatic heterocycles. The van der Waals surface area contributed by atoms with Gasteiger partial charge in [0.1, 0.15) is 34.7 Å². The van der Waals surface area contributed by atoms with Crippen LogP contribution < -0.4 is 0 Å². The minimum atomic E-state index is -1.02. The van der Waals surface area contributed by atoms with Gasteiger partial charge >= 0.3 is 12.2 Å². The van der Waals surface area contributed by atoms with Gasteiger partial charge in [0, 0.05) is 0 Å². The zero-order valence-electron chi connectivity index (χ0n) is 20.8. The molecule has 0 radical (unpaired) electrons. The number of ketones is 1. The molecule has 2 rings (SSSR count). The lowest BCUT2D eigenvalue weighted by atomic mass is 10.1. The van der Waals surface area contributed by atoms with Crippen LogP contribution in [0.4, 0.5) is 9.59 Å². The fourth-order valence-corrected chi connectivity index (χ4v) is 3.46. The monoisotopic (exact) mass is 452 g/mol. The van der Waals surface area contributed by atoms with Crippen LogP contribution in [0.25, 0.3) is 0 Å². The molecule has 2 amide bonds. The average molecular weight is 453 g/mol. The first-order valence-electron chi connectivity index (χ1n) is 10.7. The van der Waals surface area contributed by atoms with Crippen molar-refractivity contribution in [2.75, 3.05) is 13.2 Å². The van der Waals surface area contributed by atoms with Crippen LogP contribution in [0.15, 0.2) is 0 Å². The second kappa shape index (κ2) is 8.56. The Morgan fingerprint density at radius 2 is 1.25 bits per heavy atom. The van der Waals surface area contributed by atoms with Gasteiger partial charge in [-0.1, -0.05) is 5.92 Å². The van der Waals surface area contributed by atoms with E-state index in [2.05, 4.69) is 11.8 Å². The van der Waals surface area contributed by atoms with Crippen molar-refractivity contribution in [1.82, 2.24) is 9.80 Å². The molecular formula is C23H36N2O7. The van der Waals surface area contributed by atoms with Gasteiger partial charge in [-0.05, 0) is 75.2 Å². The van der Waals surface area contributed by atoms with E-state index in [1.54, 1.807) is 69.2 Å². The lowest BCUT2D eigenvalue weighted by Crippen LogP contribution is -2.52. The van der Waals surface area contributed by atoms with E-state index in [0.29, 0.717) is 0 Å². The number of carbonyl (C=O) groups is 3. The topological polar surface area (TPSA) is 94.6 Å². The molecule has 9 heteroatoms. The summed E-state index contributed by atoms with van der Waals surface area (Å²) in [5.74, 6) is 4.92. The van der Waals surface area contributed by atoms with Crippen molar-refractivity contribution in [2.24, 2.45) is 0 Å². The van der Waals surface area contributed by atoms with Crippen LogP contribution in [0.2, 0.25) is 0 Å². The van der Waals surface area contributed by atoms with Crippen LogP contribution in [0.5, 0.6) is 0 Å². The molecule has 0 aliphatic carbocycles.